The van der Waals surface area contributed by atoms with Crippen LogP contribution < -0.4 is 0 Å². The first kappa shape index (κ1) is 10.6. The van der Waals surface area contributed by atoms with Crippen LogP contribution >= 0.6 is 0 Å². The Kier molecular flexibility index (Phi) is 3.37. The largest absolute Gasteiger partial charge is 0.388 e. The van der Waals surface area contributed by atoms with E-state index in [1.807, 2.05) is 12.1 Å². The zero-order valence-electron chi connectivity index (χ0n) is 9.26. The second kappa shape index (κ2) is 4.75. The standard InChI is InChI=1S/C13H19NO/c1-10-3-2-4-12(9-10)13(15)11-5-7-14-8-6-11/h5-8,10,12-13,15H,2-4,9H2,1H3. The van der Waals surface area contributed by atoms with Crippen LogP contribution in [0.4, 0.5) is 0 Å². The first-order chi connectivity index (χ1) is 7.27. The van der Waals surface area contributed by atoms with Crippen LogP contribution in [0.1, 0.15) is 44.3 Å². The summed E-state index contributed by atoms with van der Waals surface area (Å²) in [6, 6.07) is 3.84. The molecule has 1 aliphatic rings. The van der Waals surface area contributed by atoms with Crippen LogP contribution in [0.3, 0.4) is 0 Å². The lowest BCUT2D eigenvalue weighted by Gasteiger charge is -2.30. The number of pyridine rings is 1. The molecule has 2 nitrogen and oxygen atoms in total. The van der Waals surface area contributed by atoms with Gasteiger partial charge < -0.3 is 5.11 Å². The molecule has 3 unspecified atom stereocenters. The summed E-state index contributed by atoms with van der Waals surface area (Å²) < 4.78 is 0. The molecule has 1 aliphatic carbocycles. The predicted octanol–water partition coefficient (Wildman–Crippen LogP) is 2.94. The Morgan fingerprint density at radius 3 is 2.73 bits per heavy atom. The van der Waals surface area contributed by atoms with Gasteiger partial charge in [0.15, 0.2) is 0 Å². The number of rotatable bonds is 2. The van der Waals surface area contributed by atoms with Crippen molar-refractivity contribution in [2.45, 2.75) is 38.7 Å². The number of hydrogen-bond donors (Lipinski definition) is 1. The summed E-state index contributed by atoms with van der Waals surface area (Å²) in [5.41, 5.74) is 1.02. The molecule has 0 amide bonds. The average molecular weight is 205 g/mol. The molecule has 0 bridgehead atoms. The Hall–Kier alpha value is -0.890. The van der Waals surface area contributed by atoms with Crippen molar-refractivity contribution in [3.8, 4) is 0 Å². The van der Waals surface area contributed by atoms with E-state index in [2.05, 4.69) is 11.9 Å². The SMILES string of the molecule is CC1CCCC(C(O)c2ccncc2)C1. The van der Waals surface area contributed by atoms with Gasteiger partial charge in [-0.1, -0.05) is 19.8 Å². The molecule has 0 radical (unpaired) electrons. The highest BCUT2D eigenvalue weighted by molar-refractivity contribution is 5.14. The highest BCUT2D eigenvalue weighted by atomic mass is 16.3. The molecular weight excluding hydrogens is 186 g/mol. The minimum absolute atomic E-state index is 0.296. The normalized spacial score (nSPS) is 28.7. The van der Waals surface area contributed by atoms with E-state index in [0.29, 0.717) is 5.92 Å². The number of hydrogen-bond acceptors (Lipinski definition) is 2. The van der Waals surface area contributed by atoms with Crippen molar-refractivity contribution in [1.82, 2.24) is 4.98 Å². The van der Waals surface area contributed by atoms with Crippen molar-refractivity contribution in [3.63, 3.8) is 0 Å². The third kappa shape index (κ3) is 2.57. The molecule has 0 aromatic carbocycles. The van der Waals surface area contributed by atoms with E-state index in [9.17, 15) is 5.11 Å². The molecule has 2 rings (SSSR count). The molecule has 0 aliphatic heterocycles. The van der Waals surface area contributed by atoms with Gasteiger partial charge >= 0.3 is 0 Å². The zero-order chi connectivity index (χ0) is 10.7. The Morgan fingerprint density at radius 2 is 2.07 bits per heavy atom. The smallest absolute Gasteiger partial charge is 0.0819 e. The molecule has 82 valence electrons. The topological polar surface area (TPSA) is 33.1 Å². The van der Waals surface area contributed by atoms with Gasteiger partial charge in [-0.3, -0.25) is 4.98 Å². The van der Waals surface area contributed by atoms with Crippen molar-refractivity contribution in [2.75, 3.05) is 0 Å². The van der Waals surface area contributed by atoms with E-state index in [0.717, 1.165) is 24.3 Å². The maximum Gasteiger partial charge on any atom is 0.0819 e. The minimum atomic E-state index is -0.296. The molecule has 1 saturated carbocycles. The molecule has 1 heterocycles. The Balaban J connectivity index is 2.04. The van der Waals surface area contributed by atoms with Crippen LogP contribution in [0, 0.1) is 11.8 Å². The van der Waals surface area contributed by atoms with Crippen LogP contribution in [0.2, 0.25) is 0 Å². The molecule has 0 spiro atoms. The molecule has 2 heteroatoms. The summed E-state index contributed by atoms with van der Waals surface area (Å²) in [5.74, 6) is 1.20. The van der Waals surface area contributed by atoms with Gasteiger partial charge in [-0.15, -0.1) is 0 Å². The van der Waals surface area contributed by atoms with Gasteiger partial charge in [-0.2, -0.15) is 0 Å². The van der Waals surface area contributed by atoms with Gasteiger partial charge in [0.25, 0.3) is 0 Å². The van der Waals surface area contributed by atoms with Gasteiger partial charge in [-0.25, -0.2) is 0 Å². The van der Waals surface area contributed by atoms with Crippen LogP contribution in [0.15, 0.2) is 24.5 Å². The van der Waals surface area contributed by atoms with E-state index in [1.54, 1.807) is 12.4 Å². The molecular formula is C13H19NO. The quantitative estimate of drug-likeness (QED) is 0.805. The third-order valence-corrected chi connectivity index (χ3v) is 3.47. The average Bonchev–Trinajstić information content (AvgIpc) is 2.29. The van der Waals surface area contributed by atoms with Crippen LogP contribution in [0.5, 0.6) is 0 Å². The van der Waals surface area contributed by atoms with Gasteiger partial charge in [0.05, 0.1) is 6.10 Å². The molecule has 15 heavy (non-hydrogen) atoms. The van der Waals surface area contributed by atoms with Crippen LogP contribution in [-0.4, -0.2) is 10.1 Å². The summed E-state index contributed by atoms with van der Waals surface area (Å²) >= 11 is 0. The maximum absolute atomic E-state index is 10.2. The van der Waals surface area contributed by atoms with Gasteiger partial charge in [-0.05, 0) is 42.4 Å². The monoisotopic (exact) mass is 205 g/mol. The fourth-order valence-corrected chi connectivity index (χ4v) is 2.60. The van der Waals surface area contributed by atoms with Crippen LogP contribution in [-0.2, 0) is 0 Å². The summed E-state index contributed by atoms with van der Waals surface area (Å²) in [6.45, 7) is 2.28. The van der Waals surface area contributed by atoms with E-state index in [4.69, 9.17) is 0 Å². The number of aliphatic hydroxyl groups excluding tert-OH is 1. The van der Waals surface area contributed by atoms with Crippen LogP contribution in [0.25, 0.3) is 0 Å². The fourth-order valence-electron chi connectivity index (χ4n) is 2.60. The van der Waals surface area contributed by atoms with Gasteiger partial charge in [0, 0.05) is 12.4 Å². The Labute approximate surface area is 91.4 Å². The zero-order valence-corrected chi connectivity index (χ0v) is 9.26. The summed E-state index contributed by atoms with van der Waals surface area (Å²) in [5, 5.41) is 10.2. The third-order valence-electron chi connectivity index (χ3n) is 3.47. The molecule has 3 atom stereocenters. The minimum Gasteiger partial charge on any atom is -0.388 e. The summed E-state index contributed by atoms with van der Waals surface area (Å²) in [6.07, 6.45) is 8.11. The van der Waals surface area contributed by atoms with E-state index < -0.39 is 0 Å². The van der Waals surface area contributed by atoms with Crippen molar-refractivity contribution in [3.05, 3.63) is 30.1 Å². The summed E-state index contributed by atoms with van der Waals surface area (Å²) in [4.78, 5) is 3.98. The lowest BCUT2D eigenvalue weighted by Crippen LogP contribution is -2.20. The highest BCUT2D eigenvalue weighted by Gasteiger charge is 2.25. The van der Waals surface area contributed by atoms with E-state index in [-0.39, 0.29) is 6.10 Å². The molecule has 1 fully saturated rings. The Morgan fingerprint density at radius 1 is 1.33 bits per heavy atom. The highest BCUT2D eigenvalue weighted by Crippen LogP contribution is 2.36. The molecule has 1 aromatic heterocycles. The second-order valence-corrected chi connectivity index (χ2v) is 4.76. The van der Waals surface area contributed by atoms with E-state index in [1.165, 1.54) is 12.8 Å². The van der Waals surface area contributed by atoms with Crippen molar-refractivity contribution in [1.29, 1.82) is 0 Å². The maximum atomic E-state index is 10.2. The van der Waals surface area contributed by atoms with E-state index >= 15 is 0 Å². The van der Waals surface area contributed by atoms with Crippen molar-refractivity contribution < 1.29 is 5.11 Å². The first-order valence-electron chi connectivity index (χ1n) is 5.85. The fraction of sp³-hybridized carbons (Fsp3) is 0.615. The number of nitrogens with zero attached hydrogens (tertiary/aromatic N) is 1. The van der Waals surface area contributed by atoms with Gasteiger partial charge in [0.2, 0.25) is 0 Å². The predicted molar refractivity (Wildman–Crippen MR) is 60.3 cm³/mol. The lowest BCUT2D eigenvalue weighted by molar-refractivity contribution is 0.0713. The summed E-state index contributed by atoms with van der Waals surface area (Å²) in [7, 11) is 0. The van der Waals surface area contributed by atoms with Crippen molar-refractivity contribution >= 4 is 0 Å². The number of aliphatic hydroxyl groups is 1. The molecule has 0 saturated heterocycles. The molecule has 1 aromatic rings. The van der Waals surface area contributed by atoms with Crippen molar-refractivity contribution in [2.24, 2.45) is 11.8 Å². The van der Waals surface area contributed by atoms with Gasteiger partial charge in [0.1, 0.15) is 0 Å². The molecule has 1 N–H and O–H groups in total. The lowest BCUT2D eigenvalue weighted by atomic mass is 9.78. The number of aromatic nitrogens is 1. The second-order valence-electron chi connectivity index (χ2n) is 4.76. The Bertz CT molecular complexity index is 299. The first-order valence-corrected chi connectivity index (χ1v) is 5.85.